The van der Waals surface area contributed by atoms with Crippen molar-refractivity contribution < 1.29 is 23.7 Å². The predicted molar refractivity (Wildman–Crippen MR) is 118 cm³/mol. The Balaban J connectivity index is 1.68. The molecule has 2 aliphatic rings. The summed E-state index contributed by atoms with van der Waals surface area (Å²) in [6.45, 7) is 0. The first-order valence-corrected chi connectivity index (χ1v) is 12.1. The maximum atomic E-state index is 13.3. The molecule has 2 heterocycles. The van der Waals surface area contributed by atoms with Crippen LogP contribution in [0.2, 0.25) is 0 Å². The minimum atomic E-state index is -1.44. The summed E-state index contributed by atoms with van der Waals surface area (Å²) < 4.78 is 18.6. The molecule has 31 heavy (non-hydrogen) atoms. The molecule has 160 valence electrons. The molecule has 0 radical (unpaired) electrons. The number of ether oxygens (including phenoxy) is 1. The second-order valence-electron chi connectivity index (χ2n) is 7.08. The monoisotopic (exact) mass is 502 g/mol. The average molecular weight is 503 g/mol. The number of carbonyl (C=O) groups excluding carboxylic acids is 3. The third-order valence-corrected chi connectivity index (χ3v) is 7.57. The SMILES string of the molecule is O=CNC1C(=O)N2C(C(=O)OC(c3ccccc3)c3ccccc3)=C(CBr)C[S+]([O-])[C@@H]12. The topological polar surface area (TPSA) is 98.8 Å². The number of nitrogens with zero attached hydrogens (tertiary/aromatic N) is 1. The van der Waals surface area contributed by atoms with Crippen molar-refractivity contribution in [1.29, 1.82) is 0 Å². The van der Waals surface area contributed by atoms with Crippen molar-refractivity contribution >= 4 is 45.4 Å². The van der Waals surface area contributed by atoms with Crippen LogP contribution in [0.1, 0.15) is 17.2 Å². The quantitative estimate of drug-likeness (QED) is 0.205. The van der Waals surface area contributed by atoms with Gasteiger partial charge in [0, 0.05) is 10.9 Å². The Morgan fingerprint density at radius 2 is 1.77 bits per heavy atom. The van der Waals surface area contributed by atoms with E-state index in [4.69, 9.17) is 4.74 Å². The van der Waals surface area contributed by atoms with Gasteiger partial charge in [0.1, 0.15) is 11.4 Å². The highest BCUT2D eigenvalue weighted by Crippen LogP contribution is 2.38. The number of hydrogen-bond donors (Lipinski definition) is 1. The van der Waals surface area contributed by atoms with Crippen LogP contribution in [-0.2, 0) is 30.3 Å². The van der Waals surface area contributed by atoms with Gasteiger partial charge in [0.05, 0.1) is 0 Å². The highest BCUT2D eigenvalue weighted by molar-refractivity contribution is 9.09. The molecule has 2 aromatic carbocycles. The number of amides is 2. The molecule has 0 bridgehead atoms. The minimum absolute atomic E-state index is 0.0901. The van der Waals surface area contributed by atoms with Gasteiger partial charge in [-0.3, -0.25) is 14.5 Å². The largest absolute Gasteiger partial charge is 0.614 e. The first-order chi connectivity index (χ1) is 15.1. The van der Waals surface area contributed by atoms with Crippen LogP contribution in [0.3, 0.4) is 0 Å². The summed E-state index contributed by atoms with van der Waals surface area (Å²) in [6, 6.07) is 17.7. The average Bonchev–Trinajstić information content (AvgIpc) is 2.81. The van der Waals surface area contributed by atoms with Gasteiger partial charge in [-0.1, -0.05) is 76.6 Å². The Labute approximate surface area is 190 Å². The molecule has 1 N–H and O–H groups in total. The first-order valence-electron chi connectivity index (χ1n) is 9.55. The zero-order valence-electron chi connectivity index (χ0n) is 16.3. The van der Waals surface area contributed by atoms with Gasteiger partial charge in [-0.2, -0.15) is 0 Å². The van der Waals surface area contributed by atoms with Crippen LogP contribution in [0.4, 0.5) is 0 Å². The number of alkyl halides is 1. The van der Waals surface area contributed by atoms with Crippen LogP contribution in [0, 0.1) is 0 Å². The second-order valence-corrected chi connectivity index (χ2v) is 9.17. The molecule has 0 saturated carbocycles. The molecule has 2 aliphatic heterocycles. The van der Waals surface area contributed by atoms with E-state index >= 15 is 0 Å². The van der Waals surface area contributed by atoms with Crippen LogP contribution in [0.25, 0.3) is 0 Å². The van der Waals surface area contributed by atoms with E-state index in [0.29, 0.717) is 12.0 Å². The van der Waals surface area contributed by atoms with Gasteiger partial charge in [0.25, 0.3) is 5.91 Å². The van der Waals surface area contributed by atoms with Crippen LogP contribution < -0.4 is 5.32 Å². The summed E-state index contributed by atoms with van der Waals surface area (Å²) >= 11 is 1.89. The Morgan fingerprint density at radius 3 is 2.29 bits per heavy atom. The summed E-state index contributed by atoms with van der Waals surface area (Å²) in [7, 11) is 0. The lowest BCUT2D eigenvalue weighted by molar-refractivity contribution is -0.154. The lowest BCUT2D eigenvalue weighted by atomic mass is 10.0. The summed E-state index contributed by atoms with van der Waals surface area (Å²) in [5, 5.41) is 1.88. The first kappa shape index (κ1) is 21.6. The molecule has 2 aromatic rings. The van der Waals surface area contributed by atoms with E-state index in [2.05, 4.69) is 21.2 Å². The van der Waals surface area contributed by atoms with Crippen molar-refractivity contribution in [2.24, 2.45) is 0 Å². The summed E-state index contributed by atoms with van der Waals surface area (Å²) in [5.74, 6) is -1.04. The Morgan fingerprint density at radius 1 is 1.19 bits per heavy atom. The fourth-order valence-electron chi connectivity index (χ4n) is 3.79. The third-order valence-electron chi connectivity index (χ3n) is 5.24. The van der Waals surface area contributed by atoms with E-state index in [9.17, 15) is 18.9 Å². The molecule has 0 aliphatic carbocycles. The Bertz CT molecular complexity index is 978. The lowest BCUT2D eigenvalue weighted by Crippen LogP contribution is -2.74. The zero-order valence-corrected chi connectivity index (χ0v) is 18.7. The Kier molecular flexibility index (Phi) is 6.45. The van der Waals surface area contributed by atoms with Crippen molar-refractivity contribution in [2.75, 3.05) is 11.1 Å². The smallest absolute Gasteiger partial charge is 0.356 e. The number of halogens is 1. The predicted octanol–water partition coefficient (Wildman–Crippen LogP) is 2.01. The van der Waals surface area contributed by atoms with E-state index in [1.54, 1.807) is 0 Å². The number of benzene rings is 2. The molecule has 2 amide bonds. The van der Waals surface area contributed by atoms with Crippen LogP contribution >= 0.6 is 15.9 Å². The molecular weight excluding hydrogens is 484 g/mol. The summed E-state index contributed by atoms with van der Waals surface area (Å²) in [5.41, 5.74) is 2.19. The van der Waals surface area contributed by atoms with Crippen molar-refractivity contribution in [3.8, 4) is 0 Å². The number of fused-ring (bicyclic) bond motifs is 1. The van der Waals surface area contributed by atoms with Crippen molar-refractivity contribution in [2.45, 2.75) is 17.5 Å². The van der Waals surface area contributed by atoms with Gasteiger partial charge < -0.3 is 14.6 Å². The molecule has 1 saturated heterocycles. The summed E-state index contributed by atoms with van der Waals surface area (Å²) in [6.07, 6.45) is -0.273. The van der Waals surface area contributed by atoms with E-state index in [1.807, 2.05) is 60.7 Å². The number of nitrogens with one attached hydrogen (secondary N) is 1. The van der Waals surface area contributed by atoms with E-state index < -0.39 is 40.6 Å². The van der Waals surface area contributed by atoms with Crippen LogP contribution in [-0.4, -0.2) is 50.2 Å². The van der Waals surface area contributed by atoms with Crippen LogP contribution in [0.15, 0.2) is 71.9 Å². The van der Waals surface area contributed by atoms with E-state index in [0.717, 1.165) is 11.1 Å². The molecule has 7 nitrogen and oxygen atoms in total. The van der Waals surface area contributed by atoms with Crippen molar-refractivity contribution in [3.63, 3.8) is 0 Å². The van der Waals surface area contributed by atoms with E-state index in [1.165, 1.54) is 4.90 Å². The molecule has 0 spiro atoms. The standard InChI is InChI=1S/C22H19BrN2O5S/c23-11-16-12-31(29)21-17(24-13-26)20(27)25(21)18(16)22(28)30-19(14-7-3-1-4-8-14)15-9-5-2-6-10-15/h1-10,13,17,19,21H,11-12H2,(H,24,26)/t17?,21-,31?/m0/s1. The zero-order chi connectivity index (χ0) is 22.0. The molecule has 4 rings (SSSR count). The highest BCUT2D eigenvalue weighted by atomic mass is 79.9. The van der Waals surface area contributed by atoms with E-state index in [-0.39, 0.29) is 16.8 Å². The number of carbonyl (C=O) groups is 3. The highest BCUT2D eigenvalue weighted by Gasteiger charge is 2.60. The van der Waals surface area contributed by atoms with Gasteiger partial charge in [-0.15, -0.1) is 0 Å². The van der Waals surface area contributed by atoms with Gasteiger partial charge in [-0.05, 0) is 22.3 Å². The molecular formula is C22H19BrN2O5S. The maximum absolute atomic E-state index is 13.3. The van der Waals surface area contributed by atoms with Gasteiger partial charge in [0.2, 0.25) is 11.8 Å². The van der Waals surface area contributed by atoms with Crippen molar-refractivity contribution in [1.82, 2.24) is 10.2 Å². The van der Waals surface area contributed by atoms with Crippen LogP contribution in [0.5, 0.6) is 0 Å². The third kappa shape index (κ3) is 4.00. The fraction of sp³-hybridized carbons (Fsp3) is 0.227. The molecule has 9 heteroatoms. The van der Waals surface area contributed by atoms with Gasteiger partial charge in [0.15, 0.2) is 12.1 Å². The molecule has 1 fully saturated rings. The molecule has 2 unspecified atom stereocenters. The number of rotatable bonds is 7. The van der Waals surface area contributed by atoms with Crippen molar-refractivity contribution in [3.05, 3.63) is 83.1 Å². The normalized spacial score (nSPS) is 22.6. The number of esters is 1. The maximum Gasteiger partial charge on any atom is 0.356 e. The summed E-state index contributed by atoms with van der Waals surface area (Å²) in [4.78, 5) is 38.0. The van der Waals surface area contributed by atoms with Gasteiger partial charge >= 0.3 is 5.97 Å². The molecule has 0 aromatic heterocycles. The second kappa shape index (κ2) is 9.25. The lowest BCUT2D eigenvalue weighted by Gasteiger charge is -2.48. The molecule has 3 atom stereocenters. The number of hydrogen-bond acceptors (Lipinski definition) is 5. The number of β-lactam (4-membered cyclic amide) rings is 1. The van der Waals surface area contributed by atoms with Gasteiger partial charge in [-0.25, -0.2) is 4.79 Å². The fourth-order valence-corrected chi connectivity index (χ4v) is 6.21. The minimum Gasteiger partial charge on any atom is -0.614 e. The Hall–Kier alpha value is -2.62.